The summed E-state index contributed by atoms with van der Waals surface area (Å²) in [5, 5.41) is 0. The fourth-order valence-corrected chi connectivity index (χ4v) is 4.22. The summed E-state index contributed by atoms with van der Waals surface area (Å²) in [7, 11) is 0. The summed E-state index contributed by atoms with van der Waals surface area (Å²) in [5.74, 6) is 0. The average molecular weight is 351 g/mol. The SMILES string of the molecule is c1ccc([C@@H]2CCC[C@H](CCN3CCN(c4ccccc4)CC3)O2)cc1. The second-order valence-corrected chi connectivity index (χ2v) is 7.54. The summed E-state index contributed by atoms with van der Waals surface area (Å²) in [5.41, 5.74) is 2.70. The number of para-hydroxylation sites is 1. The van der Waals surface area contributed by atoms with Gasteiger partial charge in [0.2, 0.25) is 0 Å². The molecular weight excluding hydrogens is 320 g/mol. The summed E-state index contributed by atoms with van der Waals surface area (Å²) in [4.78, 5) is 5.11. The molecule has 0 aromatic heterocycles. The van der Waals surface area contributed by atoms with Crippen LogP contribution in [0.5, 0.6) is 0 Å². The zero-order valence-corrected chi connectivity index (χ0v) is 15.6. The van der Waals surface area contributed by atoms with Gasteiger partial charge in [0, 0.05) is 38.4 Å². The number of rotatable bonds is 5. The number of anilines is 1. The summed E-state index contributed by atoms with van der Waals surface area (Å²) >= 11 is 0. The standard InChI is InChI=1S/C23H30N2O/c1-3-8-20(9-4-1)23-13-7-12-22(26-23)14-15-24-16-18-25(19-17-24)21-10-5-2-6-11-21/h1-6,8-11,22-23H,7,12-19H2/t22-,23+/m1/s1. The molecule has 2 aromatic rings. The molecule has 2 aromatic carbocycles. The highest BCUT2D eigenvalue weighted by Gasteiger charge is 2.25. The molecule has 2 heterocycles. The Bertz CT molecular complexity index is 652. The summed E-state index contributed by atoms with van der Waals surface area (Å²) in [6.45, 7) is 5.73. The number of benzene rings is 2. The zero-order valence-electron chi connectivity index (χ0n) is 15.6. The van der Waals surface area contributed by atoms with Crippen molar-refractivity contribution in [2.75, 3.05) is 37.6 Å². The van der Waals surface area contributed by atoms with Crippen LogP contribution in [-0.4, -0.2) is 43.7 Å². The maximum absolute atomic E-state index is 6.42. The quantitative estimate of drug-likeness (QED) is 0.789. The highest BCUT2D eigenvalue weighted by atomic mass is 16.5. The van der Waals surface area contributed by atoms with Crippen molar-refractivity contribution in [2.24, 2.45) is 0 Å². The highest BCUT2D eigenvalue weighted by Crippen LogP contribution is 2.32. The molecule has 3 heteroatoms. The zero-order chi connectivity index (χ0) is 17.6. The monoisotopic (exact) mass is 350 g/mol. The van der Waals surface area contributed by atoms with E-state index in [-0.39, 0.29) is 0 Å². The van der Waals surface area contributed by atoms with Crippen molar-refractivity contribution in [1.82, 2.24) is 4.90 Å². The molecule has 0 aliphatic carbocycles. The van der Waals surface area contributed by atoms with E-state index in [0.29, 0.717) is 12.2 Å². The van der Waals surface area contributed by atoms with E-state index in [1.807, 2.05) is 0 Å². The van der Waals surface area contributed by atoms with Crippen LogP contribution in [0, 0.1) is 0 Å². The smallest absolute Gasteiger partial charge is 0.0828 e. The minimum Gasteiger partial charge on any atom is -0.370 e. The van der Waals surface area contributed by atoms with Gasteiger partial charge in [-0.2, -0.15) is 0 Å². The Morgan fingerprint density at radius 2 is 1.50 bits per heavy atom. The van der Waals surface area contributed by atoms with Crippen LogP contribution in [0.1, 0.15) is 37.4 Å². The first-order valence-corrected chi connectivity index (χ1v) is 10.1. The van der Waals surface area contributed by atoms with E-state index >= 15 is 0 Å². The van der Waals surface area contributed by atoms with Gasteiger partial charge < -0.3 is 9.64 Å². The Balaban J connectivity index is 1.22. The average Bonchev–Trinajstić information content (AvgIpc) is 2.74. The fourth-order valence-electron chi connectivity index (χ4n) is 4.22. The lowest BCUT2D eigenvalue weighted by Crippen LogP contribution is -2.47. The third-order valence-corrected chi connectivity index (χ3v) is 5.78. The summed E-state index contributed by atoms with van der Waals surface area (Å²) in [6.07, 6.45) is 5.54. The van der Waals surface area contributed by atoms with E-state index in [4.69, 9.17) is 4.74 Å². The number of hydrogen-bond donors (Lipinski definition) is 0. The second-order valence-electron chi connectivity index (χ2n) is 7.54. The Labute approximate surface area is 157 Å². The van der Waals surface area contributed by atoms with Crippen molar-refractivity contribution in [2.45, 2.75) is 37.9 Å². The van der Waals surface area contributed by atoms with Crippen LogP contribution in [0.4, 0.5) is 5.69 Å². The van der Waals surface area contributed by atoms with E-state index in [0.717, 1.165) is 45.6 Å². The van der Waals surface area contributed by atoms with E-state index in [9.17, 15) is 0 Å². The van der Waals surface area contributed by atoms with E-state index in [2.05, 4.69) is 70.5 Å². The molecule has 0 saturated carbocycles. The van der Waals surface area contributed by atoms with Gasteiger partial charge >= 0.3 is 0 Å². The van der Waals surface area contributed by atoms with Gasteiger partial charge in [-0.3, -0.25) is 4.90 Å². The molecule has 0 amide bonds. The molecule has 2 aliphatic rings. The number of hydrogen-bond acceptors (Lipinski definition) is 3. The molecule has 2 fully saturated rings. The van der Waals surface area contributed by atoms with Gasteiger partial charge in [0.1, 0.15) is 0 Å². The molecule has 4 rings (SSSR count). The van der Waals surface area contributed by atoms with Crippen LogP contribution in [-0.2, 0) is 4.74 Å². The Hall–Kier alpha value is -1.84. The van der Waals surface area contributed by atoms with Crippen LogP contribution >= 0.6 is 0 Å². The summed E-state index contributed by atoms with van der Waals surface area (Å²) in [6, 6.07) is 21.5. The maximum atomic E-state index is 6.42. The van der Waals surface area contributed by atoms with Crippen molar-refractivity contribution < 1.29 is 4.74 Å². The first-order valence-electron chi connectivity index (χ1n) is 10.1. The molecule has 0 bridgehead atoms. The van der Waals surface area contributed by atoms with Gasteiger partial charge in [0.05, 0.1) is 12.2 Å². The molecule has 2 saturated heterocycles. The third-order valence-electron chi connectivity index (χ3n) is 5.78. The molecule has 0 unspecified atom stereocenters. The van der Waals surface area contributed by atoms with Crippen LogP contribution in [0.25, 0.3) is 0 Å². The van der Waals surface area contributed by atoms with Crippen LogP contribution < -0.4 is 4.90 Å². The molecular formula is C23H30N2O. The Morgan fingerprint density at radius 3 is 2.23 bits per heavy atom. The molecule has 0 N–H and O–H groups in total. The molecule has 0 spiro atoms. The fraction of sp³-hybridized carbons (Fsp3) is 0.478. The number of piperazine rings is 1. The lowest BCUT2D eigenvalue weighted by Gasteiger charge is -2.37. The lowest BCUT2D eigenvalue weighted by atomic mass is 9.97. The van der Waals surface area contributed by atoms with Crippen LogP contribution in [0.3, 0.4) is 0 Å². The normalized spacial score (nSPS) is 24.5. The van der Waals surface area contributed by atoms with Crippen molar-refractivity contribution >= 4 is 5.69 Å². The molecule has 26 heavy (non-hydrogen) atoms. The minimum atomic E-state index is 0.296. The van der Waals surface area contributed by atoms with Crippen molar-refractivity contribution in [1.29, 1.82) is 0 Å². The van der Waals surface area contributed by atoms with Crippen molar-refractivity contribution in [3.05, 3.63) is 66.2 Å². The van der Waals surface area contributed by atoms with E-state index < -0.39 is 0 Å². The van der Waals surface area contributed by atoms with Gasteiger partial charge in [-0.15, -0.1) is 0 Å². The molecule has 2 atom stereocenters. The maximum Gasteiger partial charge on any atom is 0.0828 e. The Kier molecular flexibility index (Phi) is 5.88. The second kappa shape index (κ2) is 8.70. The van der Waals surface area contributed by atoms with E-state index in [1.165, 1.54) is 24.1 Å². The highest BCUT2D eigenvalue weighted by molar-refractivity contribution is 5.46. The molecule has 3 nitrogen and oxygen atoms in total. The minimum absolute atomic E-state index is 0.296. The summed E-state index contributed by atoms with van der Waals surface area (Å²) < 4.78 is 6.42. The van der Waals surface area contributed by atoms with Gasteiger partial charge in [-0.05, 0) is 43.4 Å². The molecule has 138 valence electrons. The predicted octanol–water partition coefficient (Wildman–Crippen LogP) is 4.51. The van der Waals surface area contributed by atoms with Gasteiger partial charge in [0.25, 0.3) is 0 Å². The number of ether oxygens (including phenoxy) is 1. The largest absolute Gasteiger partial charge is 0.370 e. The first-order chi connectivity index (χ1) is 12.9. The van der Waals surface area contributed by atoms with Gasteiger partial charge in [0.15, 0.2) is 0 Å². The third kappa shape index (κ3) is 4.46. The van der Waals surface area contributed by atoms with E-state index in [1.54, 1.807) is 0 Å². The van der Waals surface area contributed by atoms with Crippen LogP contribution in [0.15, 0.2) is 60.7 Å². The molecule has 0 radical (unpaired) electrons. The van der Waals surface area contributed by atoms with Gasteiger partial charge in [-0.1, -0.05) is 48.5 Å². The topological polar surface area (TPSA) is 15.7 Å². The Morgan fingerprint density at radius 1 is 0.808 bits per heavy atom. The predicted molar refractivity (Wildman–Crippen MR) is 108 cm³/mol. The van der Waals surface area contributed by atoms with Crippen molar-refractivity contribution in [3.63, 3.8) is 0 Å². The number of nitrogens with zero attached hydrogens (tertiary/aromatic N) is 2. The van der Waals surface area contributed by atoms with Crippen molar-refractivity contribution in [3.8, 4) is 0 Å². The molecule has 2 aliphatic heterocycles. The van der Waals surface area contributed by atoms with Gasteiger partial charge in [-0.25, -0.2) is 0 Å². The lowest BCUT2D eigenvalue weighted by molar-refractivity contribution is -0.0580. The first kappa shape index (κ1) is 17.6. The van der Waals surface area contributed by atoms with Crippen LogP contribution in [0.2, 0.25) is 0 Å².